The van der Waals surface area contributed by atoms with Crippen LogP contribution in [0.3, 0.4) is 0 Å². The van der Waals surface area contributed by atoms with Gasteiger partial charge in [-0.2, -0.15) is 13.2 Å². The molecule has 0 bridgehead atoms. The summed E-state index contributed by atoms with van der Waals surface area (Å²) in [5, 5.41) is 14.1. The van der Waals surface area contributed by atoms with Crippen molar-refractivity contribution in [2.24, 2.45) is 5.73 Å². The second-order valence-electron chi connectivity index (χ2n) is 11.8. The second-order valence-corrected chi connectivity index (χ2v) is 11.8. The molecule has 0 spiro atoms. The maximum absolute atomic E-state index is 14.8. The van der Waals surface area contributed by atoms with Crippen LogP contribution in [0, 0.1) is 5.82 Å². The molecule has 0 saturated heterocycles. The van der Waals surface area contributed by atoms with Crippen LogP contribution in [0.15, 0.2) is 48.5 Å². The largest absolute Gasteiger partial charge is 0.494 e. The molecule has 1 aliphatic heterocycles. The number of nitrogens with two attached hydrogens (primary N) is 1. The number of aryl methyl sites for hydroxylation is 2. The molecule has 0 fully saturated rings. The highest BCUT2D eigenvalue weighted by Gasteiger charge is 2.57. The van der Waals surface area contributed by atoms with Gasteiger partial charge >= 0.3 is 6.18 Å². The van der Waals surface area contributed by atoms with E-state index in [2.05, 4.69) is 10.3 Å². The first kappa shape index (κ1) is 31.2. The molecule has 2 aromatic heterocycles. The Labute approximate surface area is 260 Å². The number of nitrogens with one attached hydrogen (secondary N) is 1. The van der Waals surface area contributed by atoms with Gasteiger partial charge in [0.2, 0.25) is 11.5 Å². The van der Waals surface area contributed by atoms with Crippen LogP contribution in [-0.2, 0) is 28.7 Å². The van der Waals surface area contributed by atoms with E-state index in [-0.39, 0.29) is 40.5 Å². The smallest absolute Gasteiger partial charge is 0.424 e. The molecule has 13 heteroatoms. The number of nitrogens with zero attached hydrogens (tertiary/aromatic N) is 2. The minimum atomic E-state index is -5.35. The Hall–Kier alpha value is -4.78. The number of aliphatic hydroxyl groups is 1. The molecule has 0 saturated carbocycles. The lowest BCUT2D eigenvalue weighted by atomic mass is 9.81. The van der Waals surface area contributed by atoms with E-state index in [0.29, 0.717) is 10.9 Å². The van der Waals surface area contributed by atoms with Gasteiger partial charge < -0.3 is 25.6 Å². The first-order chi connectivity index (χ1) is 21.7. The van der Waals surface area contributed by atoms with E-state index in [1.807, 2.05) is 6.07 Å². The fraction of sp³-hybridized carbons (Fsp3) is 0.333. The van der Waals surface area contributed by atoms with Crippen LogP contribution in [-0.4, -0.2) is 53.3 Å². The number of primary amides is 1. The number of hydrogen-bond acceptors (Lipinski definition) is 7. The normalized spacial score (nSPS) is 18.7. The monoisotopic (exact) mass is 638 g/mol. The standard InChI is InChI=1S/C33H30F4N4O5/c1-31(30(38)43)16-46-28-22(31)14-25(41-27(28)17-7-9-21(34)10-8-17)32(44,33(35,36)37)15-39-29(42)20-12-19-11-18-5-3-4-6-23(18)40-26(19)24(13-20)45-2/h7-14,44H,3-6,15-16H2,1-2H3,(H2,38,43)(H,39,42)/t31-,32?/m0/s1. The zero-order chi connectivity index (χ0) is 33.0. The summed E-state index contributed by atoms with van der Waals surface area (Å²) in [6.45, 7) is -0.228. The first-order valence-electron chi connectivity index (χ1n) is 14.6. The van der Waals surface area contributed by atoms with E-state index in [1.165, 1.54) is 38.3 Å². The van der Waals surface area contributed by atoms with Gasteiger partial charge in [0.15, 0.2) is 0 Å². The van der Waals surface area contributed by atoms with Crippen molar-refractivity contribution in [2.75, 3.05) is 20.3 Å². The quantitative estimate of drug-likeness (QED) is 0.251. The topological polar surface area (TPSA) is 137 Å². The lowest BCUT2D eigenvalue weighted by Gasteiger charge is -2.31. The fourth-order valence-electron chi connectivity index (χ4n) is 5.91. The highest BCUT2D eigenvalue weighted by atomic mass is 19.4. The summed E-state index contributed by atoms with van der Waals surface area (Å²) in [6.07, 6.45) is -1.71. The van der Waals surface area contributed by atoms with Gasteiger partial charge in [-0.25, -0.2) is 14.4 Å². The minimum Gasteiger partial charge on any atom is -0.494 e. The number of fused-ring (bicyclic) bond motifs is 3. The van der Waals surface area contributed by atoms with Crippen molar-refractivity contribution in [2.45, 2.75) is 49.8 Å². The molecule has 2 aromatic carbocycles. The predicted octanol–water partition coefficient (Wildman–Crippen LogP) is 4.64. The van der Waals surface area contributed by atoms with E-state index in [9.17, 15) is 32.3 Å². The zero-order valence-electron chi connectivity index (χ0n) is 24.9. The summed E-state index contributed by atoms with van der Waals surface area (Å²) in [4.78, 5) is 34.6. The van der Waals surface area contributed by atoms with Gasteiger partial charge in [-0.3, -0.25) is 9.59 Å². The minimum absolute atomic E-state index is 0.00458. The Kier molecular flexibility index (Phi) is 7.62. The van der Waals surface area contributed by atoms with Crippen molar-refractivity contribution < 1.29 is 41.7 Å². The lowest BCUT2D eigenvalue weighted by Crippen LogP contribution is -2.51. The van der Waals surface area contributed by atoms with Crippen molar-refractivity contribution in [3.8, 4) is 22.8 Å². The summed E-state index contributed by atoms with van der Waals surface area (Å²) in [5.74, 6) is -2.14. The van der Waals surface area contributed by atoms with Crippen molar-refractivity contribution in [3.63, 3.8) is 0 Å². The molecule has 3 heterocycles. The Bertz CT molecular complexity index is 1880. The van der Waals surface area contributed by atoms with Crippen LogP contribution in [0.1, 0.15) is 52.6 Å². The number of hydrogen-bond donors (Lipinski definition) is 3. The lowest BCUT2D eigenvalue weighted by molar-refractivity contribution is -0.265. The van der Waals surface area contributed by atoms with Crippen LogP contribution >= 0.6 is 0 Å². The van der Waals surface area contributed by atoms with Gasteiger partial charge in [0.05, 0.1) is 19.3 Å². The summed E-state index contributed by atoms with van der Waals surface area (Å²) in [7, 11) is 1.40. The summed E-state index contributed by atoms with van der Waals surface area (Å²) in [5.41, 5.74) is 1.89. The zero-order valence-corrected chi connectivity index (χ0v) is 24.9. The SMILES string of the molecule is COc1cc(C(=O)NCC(O)(c2cc3c(c(-c4ccc(F)cc4)n2)OC[C@]3(C)C(N)=O)C(F)(F)F)cc2cc3c(nc12)CCCC3. The summed E-state index contributed by atoms with van der Waals surface area (Å²) in [6, 6.07) is 10.4. The molecule has 2 atom stereocenters. The number of aromatic nitrogens is 2. The molecule has 9 nitrogen and oxygen atoms in total. The molecule has 46 heavy (non-hydrogen) atoms. The Morgan fingerprint density at radius 3 is 2.48 bits per heavy atom. The van der Waals surface area contributed by atoms with E-state index < -0.39 is 47.1 Å². The molecule has 4 aromatic rings. The molecule has 1 unspecified atom stereocenters. The van der Waals surface area contributed by atoms with Crippen molar-refractivity contribution in [1.82, 2.24) is 15.3 Å². The van der Waals surface area contributed by atoms with Crippen LogP contribution in [0.25, 0.3) is 22.2 Å². The maximum Gasteiger partial charge on any atom is 0.424 e. The molecule has 6 rings (SSSR count). The van der Waals surface area contributed by atoms with E-state index >= 15 is 0 Å². The average Bonchev–Trinajstić information content (AvgIpc) is 3.39. The predicted molar refractivity (Wildman–Crippen MR) is 159 cm³/mol. The number of carbonyl (C=O) groups excluding carboxylic acids is 2. The maximum atomic E-state index is 14.8. The number of halogens is 4. The second kappa shape index (κ2) is 11.2. The van der Waals surface area contributed by atoms with Crippen LogP contribution in [0.5, 0.6) is 11.5 Å². The number of amides is 2. The van der Waals surface area contributed by atoms with E-state index in [4.69, 9.17) is 20.2 Å². The summed E-state index contributed by atoms with van der Waals surface area (Å²) < 4.78 is 69.2. The highest BCUT2D eigenvalue weighted by Crippen LogP contribution is 2.47. The summed E-state index contributed by atoms with van der Waals surface area (Å²) >= 11 is 0. The number of alkyl halides is 3. The number of rotatable bonds is 7. The van der Waals surface area contributed by atoms with Gasteiger partial charge in [0, 0.05) is 27.8 Å². The fourth-order valence-corrected chi connectivity index (χ4v) is 5.91. The number of carbonyl (C=O) groups is 2. The molecule has 240 valence electrons. The Morgan fingerprint density at radius 1 is 1.09 bits per heavy atom. The highest BCUT2D eigenvalue weighted by molar-refractivity contribution is 6.00. The average molecular weight is 639 g/mol. The van der Waals surface area contributed by atoms with Gasteiger partial charge in [0.1, 0.15) is 40.5 Å². The number of methoxy groups -OCH3 is 1. The van der Waals surface area contributed by atoms with Crippen LogP contribution < -0.4 is 20.5 Å². The molecule has 2 amide bonds. The van der Waals surface area contributed by atoms with Gasteiger partial charge in [0.25, 0.3) is 5.91 Å². The van der Waals surface area contributed by atoms with Crippen molar-refractivity contribution in [1.29, 1.82) is 0 Å². The third-order valence-corrected chi connectivity index (χ3v) is 8.78. The van der Waals surface area contributed by atoms with Crippen LogP contribution in [0.2, 0.25) is 0 Å². The van der Waals surface area contributed by atoms with Gasteiger partial charge in [-0.15, -0.1) is 0 Å². The van der Waals surface area contributed by atoms with E-state index in [1.54, 1.807) is 0 Å². The molecule has 2 aliphatic rings. The van der Waals surface area contributed by atoms with Crippen molar-refractivity contribution in [3.05, 3.63) is 82.4 Å². The number of pyridine rings is 2. The Balaban J connectivity index is 1.40. The molecule has 1 aliphatic carbocycles. The Morgan fingerprint density at radius 2 is 1.80 bits per heavy atom. The van der Waals surface area contributed by atoms with E-state index in [0.717, 1.165) is 55.1 Å². The third-order valence-electron chi connectivity index (χ3n) is 8.78. The first-order valence-corrected chi connectivity index (χ1v) is 14.6. The molecular formula is C33H30F4N4O5. The third kappa shape index (κ3) is 5.17. The number of ether oxygens (including phenoxy) is 2. The number of benzene rings is 2. The molecule has 0 radical (unpaired) electrons. The van der Waals surface area contributed by atoms with Gasteiger partial charge in [-0.1, -0.05) is 0 Å². The van der Waals surface area contributed by atoms with Gasteiger partial charge in [-0.05, 0) is 86.7 Å². The van der Waals surface area contributed by atoms with Crippen molar-refractivity contribution >= 4 is 22.7 Å². The van der Waals surface area contributed by atoms with Crippen LogP contribution in [0.4, 0.5) is 17.6 Å². The molecular weight excluding hydrogens is 608 g/mol. The molecule has 4 N–H and O–H groups in total.